The van der Waals surface area contributed by atoms with Crippen LogP contribution in [-0.4, -0.2) is 36.6 Å². The van der Waals surface area contributed by atoms with E-state index in [0.717, 1.165) is 32.5 Å². The molecule has 0 amide bonds. The van der Waals surface area contributed by atoms with E-state index in [1.54, 1.807) is 0 Å². The highest BCUT2D eigenvalue weighted by Crippen LogP contribution is 2.56. The molecule has 2 heterocycles. The number of rotatable bonds is 2. The first-order valence-corrected chi connectivity index (χ1v) is 9.17. The molecule has 4 rings (SSSR count). The molecule has 122 valence electrons. The number of likely N-dealkylation sites (tertiary alicyclic amines) is 1. The van der Waals surface area contributed by atoms with E-state index in [-0.39, 0.29) is 18.0 Å². The van der Waals surface area contributed by atoms with Crippen LogP contribution < -0.4 is 0 Å². The maximum Gasteiger partial charge on any atom is 0.310 e. The van der Waals surface area contributed by atoms with Crippen molar-refractivity contribution in [2.45, 2.75) is 58.0 Å². The number of allylic oxidation sites excluding steroid dienone is 1. The van der Waals surface area contributed by atoms with Crippen LogP contribution in [-0.2, 0) is 9.53 Å². The van der Waals surface area contributed by atoms with Gasteiger partial charge in [0.15, 0.2) is 0 Å². The van der Waals surface area contributed by atoms with Gasteiger partial charge in [-0.15, -0.1) is 0 Å². The molecule has 4 fully saturated rings. The van der Waals surface area contributed by atoms with E-state index in [2.05, 4.69) is 18.4 Å². The second kappa shape index (κ2) is 5.36. The highest BCUT2D eigenvalue weighted by molar-refractivity contribution is 5.75. The summed E-state index contributed by atoms with van der Waals surface area (Å²) >= 11 is 0. The Kier molecular flexibility index (Phi) is 3.60. The molecule has 0 bridgehead atoms. The van der Waals surface area contributed by atoms with Gasteiger partial charge in [-0.2, -0.15) is 0 Å². The van der Waals surface area contributed by atoms with Crippen molar-refractivity contribution in [2.75, 3.05) is 19.6 Å². The molecule has 2 aliphatic heterocycles. The molecule has 0 unspecified atom stereocenters. The van der Waals surface area contributed by atoms with Gasteiger partial charge in [-0.1, -0.05) is 19.1 Å². The third kappa shape index (κ3) is 2.33. The van der Waals surface area contributed by atoms with E-state index < -0.39 is 0 Å². The fourth-order valence-corrected chi connectivity index (χ4v) is 5.71. The zero-order chi connectivity index (χ0) is 15.3. The van der Waals surface area contributed by atoms with E-state index in [1.165, 1.54) is 37.7 Å². The van der Waals surface area contributed by atoms with Gasteiger partial charge in [0.2, 0.25) is 0 Å². The van der Waals surface area contributed by atoms with Crippen LogP contribution in [0, 0.1) is 23.2 Å². The average Bonchev–Trinajstić information content (AvgIpc) is 3.06. The summed E-state index contributed by atoms with van der Waals surface area (Å²) in [5.41, 5.74) is 1.76. The molecular weight excluding hydrogens is 274 g/mol. The molecular formula is C19H29NO2. The van der Waals surface area contributed by atoms with Crippen LogP contribution in [0.1, 0.15) is 51.9 Å². The van der Waals surface area contributed by atoms with E-state index >= 15 is 0 Å². The van der Waals surface area contributed by atoms with Crippen molar-refractivity contribution in [3.8, 4) is 0 Å². The summed E-state index contributed by atoms with van der Waals surface area (Å²) in [6.07, 6.45) is 8.65. The standard InChI is InChI=1S/C19H29NO2/c1-13-6-5-7-19(2)11-17-14(10-16(13)19)15(18(21)22-17)12-20-8-3-4-9-20/h14-17H,1,3-12H2,2H3/t14-,15+,16+,17+,19+/m0/s1. The smallest absolute Gasteiger partial charge is 0.310 e. The summed E-state index contributed by atoms with van der Waals surface area (Å²) in [5.74, 6) is 1.23. The Morgan fingerprint density at radius 2 is 2.09 bits per heavy atom. The molecule has 2 aliphatic carbocycles. The summed E-state index contributed by atoms with van der Waals surface area (Å²) in [7, 11) is 0. The molecule has 0 N–H and O–H groups in total. The maximum absolute atomic E-state index is 12.4. The van der Waals surface area contributed by atoms with Crippen LogP contribution in [0.5, 0.6) is 0 Å². The Morgan fingerprint density at radius 3 is 2.86 bits per heavy atom. The number of fused-ring (bicyclic) bond motifs is 2. The fourth-order valence-electron chi connectivity index (χ4n) is 5.71. The lowest BCUT2D eigenvalue weighted by molar-refractivity contribution is -0.146. The van der Waals surface area contributed by atoms with Crippen LogP contribution in [0.15, 0.2) is 12.2 Å². The molecule has 2 saturated heterocycles. The molecule has 3 heteroatoms. The second-order valence-electron chi connectivity index (χ2n) is 8.41. The van der Waals surface area contributed by atoms with Crippen LogP contribution in [0.25, 0.3) is 0 Å². The van der Waals surface area contributed by atoms with Crippen molar-refractivity contribution in [3.05, 3.63) is 12.2 Å². The van der Waals surface area contributed by atoms with Crippen molar-refractivity contribution >= 4 is 5.97 Å². The van der Waals surface area contributed by atoms with E-state index in [0.29, 0.717) is 17.3 Å². The van der Waals surface area contributed by atoms with Crippen LogP contribution >= 0.6 is 0 Å². The predicted octanol–water partition coefficient (Wildman–Crippen LogP) is 3.40. The van der Waals surface area contributed by atoms with Gasteiger partial charge in [-0.3, -0.25) is 4.79 Å². The van der Waals surface area contributed by atoms with Gasteiger partial charge < -0.3 is 9.64 Å². The van der Waals surface area contributed by atoms with Crippen LogP contribution in [0.4, 0.5) is 0 Å². The number of hydrogen-bond donors (Lipinski definition) is 0. The van der Waals surface area contributed by atoms with E-state index in [9.17, 15) is 4.79 Å². The fraction of sp³-hybridized carbons (Fsp3) is 0.842. The topological polar surface area (TPSA) is 29.5 Å². The number of ether oxygens (including phenoxy) is 1. The Bertz CT molecular complexity index is 482. The third-order valence-corrected chi connectivity index (χ3v) is 6.97. The molecule has 0 aromatic heterocycles. The van der Waals surface area contributed by atoms with Gasteiger partial charge in [0.25, 0.3) is 0 Å². The monoisotopic (exact) mass is 303 g/mol. The Labute approximate surface area is 134 Å². The summed E-state index contributed by atoms with van der Waals surface area (Å²) in [6.45, 7) is 10.0. The summed E-state index contributed by atoms with van der Waals surface area (Å²) < 4.78 is 5.84. The largest absolute Gasteiger partial charge is 0.462 e. The van der Waals surface area contributed by atoms with Gasteiger partial charge in [0, 0.05) is 12.5 Å². The quantitative estimate of drug-likeness (QED) is 0.578. The van der Waals surface area contributed by atoms with Gasteiger partial charge in [-0.05, 0) is 69.4 Å². The Hall–Kier alpha value is -0.830. The predicted molar refractivity (Wildman–Crippen MR) is 86.4 cm³/mol. The molecule has 0 spiro atoms. The number of carbonyl (C=O) groups excluding carboxylic acids is 1. The third-order valence-electron chi connectivity index (χ3n) is 6.97. The maximum atomic E-state index is 12.4. The van der Waals surface area contributed by atoms with Crippen LogP contribution in [0.3, 0.4) is 0 Å². The molecule has 3 nitrogen and oxygen atoms in total. The minimum Gasteiger partial charge on any atom is -0.462 e. The molecule has 22 heavy (non-hydrogen) atoms. The second-order valence-corrected chi connectivity index (χ2v) is 8.41. The normalized spacial score (nSPS) is 45.5. The van der Waals surface area contributed by atoms with E-state index in [4.69, 9.17) is 4.74 Å². The van der Waals surface area contributed by atoms with Gasteiger partial charge in [0.1, 0.15) is 6.10 Å². The highest BCUT2D eigenvalue weighted by Gasteiger charge is 2.55. The lowest BCUT2D eigenvalue weighted by atomic mass is 9.55. The van der Waals surface area contributed by atoms with E-state index in [1.807, 2.05) is 0 Å². The van der Waals surface area contributed by atoms with Crippen molar-refractivity contribution in [3.63, 3.8) is 0 Å². The molecule has 0 aromatic rings. The summed E-state index contributed by atoms with van der Waals surface area (Å²) in [6, 6.07) is 0. The SMILES string of the molecule is C=C1CCC[C@]2(C)C[C@H]3OC(=O)[C@H](CN4CCCC4)[C@@H]3C[C@H]12. The minimum atomic E-state index is 0.0785. The first-order valence-electron chi connectivity index (χ1n) is 9.17. The number of esters is 1. The first-order chi connectivity index (χ1) is 10.6. The zero-order valence-electron chi connectivity index (χ0n) is 13.9. The average molecular weight is 303 g/mol. The van der Waals surface area contributed by atoms with Gasteiger partial charge >= 0.3 is 5.97 Å². The highest BCUT2D eigenvalue weighted by atomic mass is 16.6. The molecule has 5 atom stereocenters. The Balaban J connectivity index is 1.53. The number of carbonyl (C=O) groups is 1. The van der Waals surface area contributed by atoms with Crippen molar-refractivity contribution in [1.29, 1.82) is 0 Å². The lowest BCUT2D eigenvalue weighted by Gasteiger charge is -2.50. The molecule has 2 saturated carbocycles. The van der Waals surface area contributed by atoms with Crippen LogP contribution in [0.2, 0.25) is 0 Å². The minimum absolute atomic E-state index is 0.0785. The summed E-state index contributed by atoms with van der Waals surface area (Å²) in [4.78, 5) is 14.9. The van der Waals surface area contributed by atoms with Crippen molar-refractivity contribution < 1.29 is 9.53 Å². The van der Waals surface area contributed by atoms with Crippen molar-refractivity contribution in [2.24, 2.45) is 23.2 Å². The van der Waals surface area contributed by atoms with Gasteiger partial charge in [0.05, 0.1) is 5.92 Å². The lowest BCUT2D eigenvalue weighted by Crippen LogP contribution is -2.45. The number of hydrogen-bond acceptors (Lipinski definition) is 3. The van der Waals surface area contributed by atoms with Gasteiger partial charge in [-0.25, -0.2) is 0 Å². The Morgan fingerprint density at radius 1 is 1.32 bits per heavy atom. The molecule has 0 radical (unpaired) electrons. The summed E-state index contributed by atoms with van der Waals surface area (Å²) in [5, 5.41) is 0. The molecule has 0 aromatic carbocycles. The van der Waals surface area contributed by atoms with Crippen molar-refractivity contribution in [1.82, 2.24) is 4.90 Å². The zero-order valence-corrected chi connectivity index (χ0v) is 13.9. The molecule has 4 aliphatic rings. The number of nitrogens with zero attached hydrogens (tertiary/aromatic N) is 1. The first kappa shape index (κ1) is 14.7.